The number of hydrogen-bond donors (Lipinski definition) is 1. The Hall–Kier alpha value is -0.930. The van der Waals surface area contributed by atoms with E-state index in [4.69, 9.17) is 5.73 Å². The third-order valence-corrected chi connectivity index (χ3v) is 3.49. The van der Waals surface area contributed by atoms with Gasteiger partial charge in [-0.15, -0.1) is 0 Å². The number of hydrogen-bond acceptors (Lipinski definition) is 3. The highest BCUT2D eigenvalue weighted by atomic mass is 15.2. The van der Waals surface area contributed by atoms with Crippen LogP contribution in [0.25, 0.3) is 0 Å². The minimum Gasteiger partial charge on any atom is -0.326 e. The van der Waals surface area contributed by atoms with Gasteiger partial charge in [-0.05, 0) is 43.6 Å². The first-order valence-corrected chi connectivity index (χ1v) is 6.22. The molecule has 1 aromatic heterocycles. The van der Waals surface area contributed by atoms with Crippen LogP contribution < -0.4 is 5.73 Å². The predicted octanol–water partition coefficient (Wildman–Crippen LogP) is 1.96. The lowest BCUT2D eigenvalue weighted by atomic mass is 9.97. The van der Waals surface area contributed by atoms with Crippen LogP contribution in [-0.2, 0) is 0 Å². The van der Waals surface area contributed by atoms with Crippen molar-refractivity contribution in [3.63, 3.8) is 0 Å². The van der Waals surface area contributed by atoms with Crippen molar-refractivity contribution in [2.24, 2.45) is 5.73 Å². The Labute approximate surface area is 97.7 Å². The van der Waals surface area contributed by atoms with Gasteiger partial charge in [0.2, 0.25) is 0 Å². The molecule has 1 saturated heterocycles. The molecule has 2 heterocycles. The summed E-state index contributed by atoms with van der Waals surface area (Å²) >= 11 is 0. The van der Waals surface area contributed by atoms with Gasteiger partial charge in [0.1, 0.15) is 0 Å². The Bertz CT molecular complexity index is 312. The Morgan fingerprint density at radius 1 is 1.38 bits per heavy atom. The summed E-state index contributed by atoms with van der Waals surface area (Å²) in [6, 6.07) is 4.82. The summed E-state index contributed by atoms with van der Waals surface area (Å²) in [5.41, 5.74) is 7.63. The molecular formula is C13H21N3. The van der Waals surface area contributed by atoms with E-state index in [9.17, 15) is 0 Å². The molecule has 1 fully saturated rings. The van der Waals surface area contributed by atoms with E-state index in [0.717, 1.165) is 19.5 Å². The Balaban J connectivity index is 2.25. The van der Waals surface area contributed by atoms with Crippen molar-refractivity contribution in [2.45, 2.75) is 38.3 Å². The van der Waals surface area contributed by atoms with Crippen molar-refractivity contribution < 1.29 is 0 Å². The second-order valence-electron chi connectivity index (χ2n) is 4.51. The summed E-state index contributed by atoms with van der Waals surface area (Å²) in [5, 5.41) is 0. The van der Waals surface area contributed by atoms with Gasteiger partial charge in [-0.1, -0.05) is 13.3 Å². The van der Waals surface area contributed by atoms with Crippen molar-refractivity contribution in [1.29, 1.82) is 0 Å². The molecule has 1 aromatic rings. The van der Waals surface area contributed by atoms with E-state index >= 15 is 0 Å². The lowest BCUT2D eigenvalue weighted by Crippen LogP contribution is -2.39. The van der Waals surface area contributed by atoms with Gasteiger partial charge < -0.3 is 5.73 Å². The van der Waals surface area contributed by atoms with Crippen LogP contribution >= 0.6 is 0 Å². The van der Waals surface area contributed by atoms with Crippen LogP contribution in [0.15, 0.2) is 24.5 Å². The van der Waals surface area contributed by atoms with E-state index in [2.05, 4.69) is 28.9 Å². The van der Waals surface area contributed by atoms with Gasteiger partial charge in [0.15, 0.2) is 0 Å². The van der Waals surface area contributed by atoms with Crippen molar-refractivity contribution >= 4 is 0 Å². The number of nitrogens with two attached hydrogens (primary N) is 1. The highest BCUT2D eigenvalue weighted by molar-refractivity contribution is 5.17. The van der Waals surface area contributed by atoms with Crippen LogP contribution in [0.4, 0.5) is 0 Å². The molecule has 2 N–H and O–H groups in total. The summed E-state index contributed by atoms with van der Waals surface area (Å²) < 4.78 is 0. The van der Waals surface area contributed by atoms with Gasteiger partial charge in [0.25, 0.3) is 0 Å². The van der Waals surface area contributed by atoms with E-state index in [1.807, 2.05) is 12.4 Å². The Morgan fingerprint density at radius 3 is 2.81 bits per heavy atom. The first kappa shape index (κ1) is 11.6. The number of likely N-dealkylation sites (tertiary alicyclic amines) is 1. The number of likely N-dealkylation sites (N-methyl/N-ethyl adjacent to an activating group) is 1. The molecule has 0 aromatic carbocycles. The third kappa shape index (κ3) is 2.42. The zero-order chi connectivity index (χ0) is 11.4. The van der Waals surface area contributed by atoms with Crippen molar-refractivity contribution in [1.82, 2.24) is 9.88 Å². The van der Waals surface area contributed by atoms with Gasteiger partial charge >= 0.3 is 0 Å². The maximum atomic E-state index is 6.31. The van der Waals surface area contributed by atoms with Gasteiger partial charge in [-0.25, -0.2) is 0 Å². The fourth-order valence-electron chi connectivity index (χ4n) is 2.64. The third-order valence-electron chi connectivity index (χ3n) is 3.49. The standard InChI is InChI=1S/C13H21N3/c1-2-16-10-4-3-5-12(14)13(16)11-6-8-15-9-7-11/h6-9,12-13H,2-5,10,14H2,1H3. The van der Waals surface area contributed by atoms with Crippen LogP contribution in [-0.4, -0.2) is 29.0 Å². The molecule has 3 nitrogen and oxygen atoms in total. The minimum atomic E-state index is 0.254. The topological polar surface area (TPSA) is 42.1 Å². The molecule has 16 heavy (non-hydrogen) atoms. The van der Waals surface area contributed by atoms with Crippen LogP contribution in [0.3, 0.4) is 0 Å². The van der Waals surface area contributed by atoms with Crippen molar-refractivity contribution in [3.05, 3.63) is 30.1 Å². The fourth-order valence-corrected chi connectivity index (χ4v) is 2.64. The quantitative estimate of drug-likeness (QED) is 0.826. The first-order valence-electron chi connectivity index (χ1n) is 6.22. The molecule has 1 aliphatic rings. The molecule has 2 atom stereocenters. The average molecular weight is 219 g/mol. The molecule has 88 valence electrons. The molecule has 3 heteroatoms. The molecule has 0 radical (unpaired) electrons. The molecule has 0 spiro atoms. The molecule has 1 aliphatic heterocycles. The SMILES string of the molecule is CCN1CCCCC(N)C1c1ccncc1. The lowest BCUT2D eigenvalue weighted by molar-refractivity contribution is 0.195. The molecule has 0 aliphatic carbocycles. The van der Waals surface area contributed by atoms with E-state index in [0.29, 0.717) is 6.04 Å². The van der Waals surface area contributed by atoms with E-state index in [1.54, 1.807) is 0 Å². The predicted molar refractivity (Wildman–Crippen MR) is 66.1 cm³/mol. The van der Waals surface area contributed by atoms with Crippen LogP contribution in [0, 0.1) is 0 Å². The van der Waals surface area contributed by atoms with E-state index < -0.39 is 0 Å². The van der Waals surface area contributed by atoms with E-state index in [1.165, 1.54) is 18.4 Å². The van der Waals surface area contributed by atoms with Gasteiger partial charge in [-0.3, -0.25) is 9.88 Å². The van der Waals surface area contributed by atoms with Gasteiger partial charge in [-0.2, -0.15) is 0 Å². The average Bonchev–Trinajstić information content (AvgIpc) is 2.51. The number of pyridine rings is 1. The number of rotatable bonds is 2. The minimum absolute atomic E-state index is 0.254. The molecule has 2 unspecified atom stereocenters. The normalized spacial score (nSPS) is 27.6. The Kier molecular flexibility index (Phi) is 3.91. The van der Waals surface area contributed by atoms with Crippen LogP contribution in [0.1, 0.15) is 37.8 Å². The second kappa shape index (κ2) is 5.41. The summed E-state index contributed by atoms with van der Waals surface area (Å²) in [7, 11) is 0. The maximum Gasteiger partial charge on any atom is 0.0500 e. The Morgan fingerprint density at radius 2 is 2.12 bits per heavy atom. The molecule has 2 rings (SSSR count). The van der Waals surface area contributed by atoms with Crippen molar-refractivity contribution in [2.75, 3.05) is 13.1 Å². The zero-order valence-corrected chi connectivity index (χ0v) is 9.97. The zero-order valence-electron chi connectivity index (χ0n) is 9.97. The lowest BCUT2D eigenvalue weighted by Gasteiger charge is -2.32. The number of aromatic nitrogens is 1. The largest absolute Gasteiger partial charge is 0.326 e. The molecular weight excluding hydrogens is 198 g/mol. The van der Waals surface area contributed by atoms with Gasteiger partial charge in [0, 0.05) is 24.5 Å². The number of nitrogens with zero attached hydrogens (tertiary/aromatic N) is 2. The highest BCUT2D eigenvalue weighted by Crippen LogP contribution is 2.28. The first-order chi connectivity index (χ1) is 7.83. The van der Waals surface area contributed by atoms with Crippen LogP contribution in [0.2, 0.25) is 0 Å². The van der Waals surface area contributed by atoms with Crippen LogP contribution in [0.5, 0.6) is 0 Å². The second-order valence-corrected chi connectivity index (χ2v) is 4.51. The summed E-state index contributed by atoms with van der Waals surface area (Å²) in [6.07, 6.45) is 7.37. The fraction of sp³-hybridized carbons (Fsp3) is 0.615. The summed E-state index contributed by atoms with van der Waals surface area (Å²) in [6.45, 7) is 4.45. The smallest absolute Gasteiger partial charge is 0.0500 e. The monoisotopic (exact) mass is 219 g/mol. The molecule has 0 bridgehead atoms. The summed E-state index contributed by atoms with van der Waals surface area (Å²) in [5.74, 6) is 0. The summed E-state index contributed by atoms with van der Waals surface area (Å²) in [4.78, 5) is 6.57. The van der Waals surface area contributed by atoms with Gasteiger partial charge in [0.05, 0.1) is 0 Å². The van der Waals surface area contributed by atoms with E-state index in [-0.39, 0.29) is 6.04 Å². The molecule has 0 amide bonds. The maximum absolute atomic E-state index is 6.31. The van der Waals surface area contributed by atoms with Crippen molar-refractivity contribution in [3.8, 4) is 0 Å². The highest BCUT2D eigenvalue weighted by Gasteiger charge is 2.27. The molecule has 0 saturated carbocycles.